The van der Waals surface area contributed by atoms with Gasteiger partial charge in [0, 0.05) is 18.2 Å². The molecule has 1 aliphatic carbocycles. The van der Waals surface area contributed by atoms with E-state index in [4.69, 9.17) is 0 Å². The zero-order valence-corrected chi connectivity index (χ0v) is 17.0. The fraction of sp³-hybridized carbons (Fsp3) is 0.346. The fourth-order valence-electron chi connectivity index (χ4n) is 4.99. The van der Waals surface area contributed by atoms with E-state index >= 15 is 0 Å². The number of aryl methyl sites for hydroxylation is 1. The van der Waals surface area contributed by atoms with Crippen molar-refractivity contribution in [3.8, 4) is 0 Å². The lowest BCUT2D eigenvalue weighted by atomic mass is 9.92. The molecule has 1 N–H and O–H groups in total. The Hall–Kier alpha value is -2.65. The maximum absolute atomic E-state index is 13.0. The van der Waals surface area contributed by atoms with Crippen LogP contribution in [0.5, 0.6) is 0 Å². The molecule has 148 valence electrons. The first-order chi connectivity index (χ1) is 14.1. The third kappa shape index (κ3) is 3.67. The highest BCUT2D eigenvalue weighted by Crippen LogP contribution is 2.54. The minimum absolute atomic E-state index is 0.0749. The Balaban J connectivity index is 1.20. The van der Waals surface area contributed by atoms with Crippen molar-refractivity contribution in [3.63, 3.8) is 0 Å². The van der Waals surface area contributed by atoms with Gasteiger partial charge in [-0.05, 0) is 67.1 Å². The maximum atomic E-state index is 13.0. The number of carbonyl (C=O) groups excluding carboxylic acids is 1. The van der Waals surface area contributed by atoms with Crippen molar-refractivity contribution < 1.29 is 4.79 Å². The van der Waals surface area contributed by atoms with Crippen molar-refractivity contribution in [2.75, 3.05) is 13.1 Å². The second-order valence-electron chi connectivity index (χ2n) is 8.88. The van der Waals surface area contributed by atoms with Crippen LogP contribution in [-0.4, -0.2) is 29.9 Å². The highest BCUT2D eigenvalue weighted by Gasteiger charge is 2.55. The molecule has 3 heteroatoms. The minimum Gasteiger partial charge on any atom is -0.349 e. The number of hydrogen-bond donors (Lipinski definition) is 1. The topological polar surface area (TPSA) is 32.3 Å². The second kappa shape index (κ2) is 7.31. The molecule has 1 atom stereocenters. The first kappa shape index (κ1) is 18.4. The number of fused-ring (bicyclic) bond motifs is 1. The van der Waals surface area contributed by atoms with Crippen molar-refractivity contribution in [1.29, 1.82) is 0 Å². The zero-order valence-electron chi connectivity index (χ0n) is 17.0. The smallest absolute Gasteiger partial charge is 0.252 e. The summed E-state index contributed by atoms with van der Waals surface area (Å²) in [5, 5.41) is 5.50. The Morgan fingerprint density at radius 3 is 2.62 bits per heavy atom. The van der Waals surface area contributed by atoms with Gasteiger partial charge in [-0.1, -0.05) is 66.2 Å². The summed E-state index contributed by atoms with van der Waals surface area (Å²) in [6.45, 7) is 5.43. The highest BCUT2D eigenvalue weighted by molar-refractivity contribution is 6.07. The van der Waals surface area contributed by atoms with Gasteiger partial charge in [0.2, 0.25) is 0 Å². The Kier molecular flexibility index (Phi) is 4.63. The van der Waals surface area contributed by atoms with Crippen LogP contribution in [0.1, 0.15) is 40.7 Å². The van der Waals surface area contributed by atoms with Gasteiger partial charge in [-0.25, -0.2) is 0 Å². The highest BCUT2D eigenvalue weighted by atomic mass is 16.1. The number of nitrogens with zero attached hydrogens (tertiary/aromatic N) is 1. The van der Waals surface area contributed by atoms with Gasteiger partial charge in [0.25, 0.3) is 5.91 Å². The lowest BCUT2D eigenvalue weighted by molar-refractivity contribution is 0.0935. The Morgan fingerprint density at radius 1 is 1.03 bits per heavy atom. The molecule has 29 heavy (non-hydrogen) atoms. The molecule has 0 radical (unpaired) electrons. The molecule has 3 aromatic rings. The van der Waals surface area contributed by atoms with E-state index in [9.17, 15) is 4.79 Å². The van der Waals surface area contributed by atoms with Crippen LogP contribution in [-0.2, 0) is 6.54 Å². The van der Waals surface area contributed by atoms with Crippen LogP contribution >= 0.6 is 0 Å². The molecule has 1 saturated heterocycles. The number of carbonyl (C=O) groups is 1. The number of hydrogen-bond acceptors (Lipinski definition) is 2. The number of nitrogens with one attached hydrogen (secondary N) is 1. The summed E-state index contributed by atoms with van der Waals surface area (Å²) >= 11 is 0. The summed E-state index contributed by atoms with van der Waals surface area (Å²) in [5.74, 6) is 0.0749. The van der Waals surface area contributed by atoms with Gasteiger partial charge in [-0.15, -0.1) is 0 Å². The molecule has 0 bridgehead atoms. The zero-order chi connectivity index (χ0) is 19.8. The summed E-state index contributed by atoms with van der Waals surface area (Å²) < 4.78 is 0. The molecule has 3 aromatic carbocycles. The molecule has 1 heterocycles. The van der Waals surface area contributed by atoms with E-state index in [1.165, 1.54) is 24.0 Å². The van der Waals surface area contributed by atoms with Gasteiger partial charge < -0.3 is 5.32 Å². The molecule has 2 fully saturated rings. The van der Waals surface area contributed by atoms with Crippen LogP contribution < -0.4 is 5.32 Å². The van der Waals surface area contributed by atoms with Gasteiger partial charge in [0.05, 0.1) is 0 Å². The normalized spacial score (nSPS) is 20.7. The number of rotatable bonds is 4. The molecular weight excluding hydrogens is 356 g/mol. The minimum atomic E-state index is 0.0749. The Bertz CT molecular complexity index is 1040. The van der Waals surface area contributed by atoms with E-state index in [-0.39, 0.29) is 5.91 Å². The van der Waals surface area contributed by atoms with Crippen LogP contribution in [0.2, 0.25) is 0 Å². The van der Waals surface area contributed by atoms with E-state index in [1.807, 2.05) is 30.3 Å². The SMILES string of the molecule is Cc1cccc(CN2CCC3(CC2)CC3NC(=O)c2cccc3ccccc23)c1. The van der Waals surface area contributed by atoms with Crippen molar-refractivity contribution in [1.82, 2.24) is 10.2 Å². The van der Waals surface area contributed by atoms with Gasteiger partial charge in [0.15, 0.2) is 0 Å². The van der Waals surface area contributed by atoms with Crippen molar-refractivity contribution >= 4 is 16.7 Å². The van der Waals surface area contributed by atoms with Gasteiger partial charge in [-0.2, -0.15) is 0 Å². The predicted octanol–water partition coefficient (Wildman–Crippen LogP) is 4.93. The molecule has 1 saturated carbocycles. The summed E-state index contributed by atoms with van der Waals surface area (Å²) in [6.07, 6.45) is 3.49. The average molecular weight is 385 g/mol. The number of amides is 1. The lowest BCUT2D eigenvalue weighted by Crippen LogP contribution is -2.38. The standard InChI is InChI=1S/C26H28N2O/c1-19-6-4-7-20(16-19)18-28-14-12-26(13-15-28)17-24(26)27-25(29)23-11-5-9-21-8-2-3-10-22(21)23/h2-11,16,24H,12-15,17-18H2,1H3,(H,27,29). The van der Waals surface area contributed by atoms with E-state index in [0.29, 0.717) is 11.5 Å². The average Bonchev–Trinajstić information content (AvgIpc) is 3.40. The summed E-state index contributed by atoms with van der Waals surface area (Å²) in [4.78, 5) is 15.5. The second-order valence-corrected chi connectivity index (χ2v) is 8.88. The van der Waals surface area contributed by atoms with E-state index in [1.54, 1.807) is 0 Å². The summed E-state index contributed by atoms with van der Waals surface area (Å²) in [5.41, 5.74) is 3.84. The molecule has 1 aliphatic heterocycles. The first-order valence-corrected chi connectivity index (χ1v) is 10.7. The summed E-state index contributed by atoms with van der Waals surface area (Å²) in [7, 11) is 0. The quantitative estimate of drug-likeness (QED) is 0.691. The maximum Gasteiger partial charge on any atom is 0.252 e. The fourth-order valence-corrected chi connectivity index (χ4v) is 4.99. The molecule has 5 rings (SSSR count). The molecule has 1 amide bonds. The summed E-state index contributed by atoms with van der Waals surface area (Å²) in [6, 6.07) is 23.2. The van der Waals surface area contributed by atoms with E-state index in [0.717, 1.165) is 42.4 Å². The van der Waals surface area contributed by atoms with Gasteiger partial charge in [0.1, 0.15) is 0 Å². The monoisotopic (exact) mass is 384 g/mol. The first-order valence-electron chi connectivity index (χ1n) is 10.7. The van der Waals surface area contributed by atoms with Crippen molar-refractivity contribution in [2.45, 2.75) is 38.8 Å². The van der Waals surface area contributed by atoms with Crippen LogP contribution in [0.3, 0.4) is 0 Å². The van der Waals surface area contributed by atoms with Crippen LogP contribution in [0.25, 0.3) is 10.8 Å². The van der Waals surface area contributed by atoms with E-state index < -0.39 is 0 Å². The van der Waals surface area contributed by atoms with Crippen molar-refractivity contribution in [2.24, 2.45) is 5.41 Å². The largest absolute Gasteiger partial charge is 0.349 e. The molecule has 2 aliphatic rings. The predicted molar refractivity (Wildman–Crippen MR) is 118 cm³/mol. The molecule has 3 nitrogen and oxygen atoms in total. The van der Waals surface area contributed by atoms with E-state index in [2.05, 4.69) is 53.5 Å². The number of benzene rings is 3. The Labute approximate surface area is 172 Å². The van der Waals surface area contributed by atoms with Crippen LogP contribution in [0.15, 0.2) is 66.7 Å². The molecule has 1 unspecified atom stereocenters. The van der Waals surface area contributed by atoms with Crippen LogP contribution in [0, 0.1) is 12.3 Å². The number of piperidine rings is 1. The van der Waals surface area contributed by atoms with Gasteiger partial charge >= 0.3 is 0 Å². The van der Waals surface area contributed by atoms with Crippen LogP contribution in [0.4, 0.5) is 0 Å². The third-order valence-corrected chi connectivity index (χ3v) is 6.87. The van der Waals surface area contributed by atoms with Crippen molar-refractivity contribution in [3.05, 3.63) is 83.4 Å². The third-order valence-electron chi connectivity index (χ3n) is 6.87. The molecule has 1 spiro atoms. The number of likely N-dealkylation sites (tertiary alicyclic amines) is 1. The lowest BCUT2D eigenvalue weighted by Gasteiger charge is -2.33. The molecule has 0 aromatic heterocycles. The van der Waals surface area contributed by atoms with Gasteiger partial charge in [-0.3, -0.25) is 9.69 Å². The Morgan fingerprint density at radius 2 is 1.79 bits per heavy atom. The molecular formula is C26H28N2O.